The summed E-state index contributed by atoms with van der Waals surface area (Å²) < 4.78 is 1.81. The van der Waals surface area contributed by atoms with Crippen molar-refractivity contribution in [2.45, 2.75) is 13.3 Å². The summed E-state index contributed by atoms with van der Waals surface area (Å²) in [5.41, 5.74) is 8.31. The first kappa shape index (κ1) is 10.4. The van der Waals surface area contributed by atoms with Gasteiger partial charge in [0.2, 0.25) is 0 Å². The van der Waals surface area contributed by atoms with Crippen LogP contribution >= 0.6 is 0 Å². The number of aromatic nitrogens is 2. The van der Waals surface area contributed by atoms with Crippen LogP contribution in [-0.4, -0.2) is 15.6 Å². The smallest absolute Gasteiger partial charge is 0.0951 e. The zero-order valence-electron chi connectivity index (χ0n) is 9.14. The van der Waals surface area contributed by atoms with E-state index in [1.165, 1.54) is 0 Å². The molecule has 0 atom stereocenters. The monoisotopic (exact) mass is 214 g/mol. The number of nitrogens with two attached hydrogens (primary N) is 1. The van der Waals surface area contributed by atoms with Crippen molar-refractivity contribution in [3.8, 4) is 5.69 Å². The van der Waals surface area contributed by atoms with Gasteiger partial charge in [-0.1, -0.05) is 18.2 Å². The normalized spacial score (nSPS) is 10.3. The highest BCUT2D eigenvalue weighted by molar-refractivity contribution is 5.79. The van der Waals surface area contributed by atoms with E-state index in [1.54, 1.807) is 0 Å². The molecule has 0 aliphatic carbocycles. The fourth-order valence-electron chi connectivity index (χ4n) is 1.59. The highest BCUT2D eigenvalue weighted by atomic mass is 15.3. The van der Waals surface area contributed by atoms with Crippen LogP contribution in [0.2, 0.25) is 0 Å². The molecular formula is C12H14N4. The van der Waals surface area contributed by atoms with E-state index in [-0.39, 0.29) is 5.84 Å². The van der Waals surface area contributed by atoms with Crippen LogP contribution in [0, 0.1) is 12.3 Å². The Bertz CT molecular complexity index is 499. The summed E-state index contributed by atoms with van der Waals surface area (Å²) in [5, 5.41) is 11.7. The average Bonchev–Trinajstić information content (AvgIpc) is 2.61. The van der Waals surface area contributed by atoms with E-state index >= 15 is 0 Å². The quantitative estimate of drug-likeness (QED) is 0.602. The molecule has 0 saturated carbocycles. The summed E-state index contributed by atoms with van der Waals surface area (Å²) in [6.45, 7) is 1.93. The summed E-state index contributed by atoms with van der Waals surface area (Å²) in [6.07, 6.45) is 2.38. The van der Waals surface area contributed by atoms with Crippen LogP contribution in [0.1, 0.15) is 11.3 Å². The lowest BCUT2D eigenvalue weighted by molar-refractivity contribution is 0.863. The molecule has 0 bridgehead atoms. The van der Waals surface area contributed by atoms with Crippen LogP contribution in [0.3, 0.4) is 0 Å². The van der Waals surface area contributed by atoms with Gasteiger partial charge < -0.3 is 5.73 Å². The first-order valence-corrected chi connectivity index (χ1v) is 5.10. The number of nitrogens with zero attached hydrogens (tertiary/aromatic N) is 2. The number of aryl methyl sites for hydroxylation is 1. The number of hydrogen-bond acceptors (Lipinski definition) is 2. The molecule has 4 heteroatoms. The molecule has 16 heavy (non-hydrogen) atoms. The van der Waals surface area contributed by atoms with Gasteiger partial charge in [0.25, 0.3) is 0 Å². The predicted molar refractivity (Wildman–Crippen MR) is 63.9 cm³/mol. The van der Waals surface area contributed by atoms with Gasteiger partial charge in [-0.05, 0) is 19.1 Å². The average molecular weight is 214 g/mol. The molecule has 0 fully saturated rings. The largest absolute Gasteiger partial charge is 0.387 e. The third-order valence-electron chi connectivity index (χ3n) is 2.40. The molecule has 1 aromatic carbocycles. The molecule has 0 aliphatic heterocycles. The van der Waals surface area contributed by atoms with E-state index in [2.05, 4.69) is 5.10 Å². The molecule has 0 unspecified atom stereocenters. The molecule has 1 heterocycles. The zero-order chi connectivity index (χ0) is 11.5. The standard InChI is InChI=1S/C12H14N4/c1-9-10(7-12(13)14)8-16(15-9)11-5-3-2-4-6-11/h2-6,8H,7H2,1H3,(H3,13,14). The Morgan fingerprint density at radius 1 is 1.38 bits per heavy atom. The highest BCUT2D eigenvalue weighted by Crippen LogP contribution is 2.11. The zero-order valence-corrected chi connectivity index (χ0v) is 9.14. The van der Waals surface area contributed by atoms with Gasteiger partial charge in [0.1, 0.15) is 0 Å². The van der Waals surface area contributed by atoms with Crippen molar-refractivity contribution in [2.75, 3.05) is 0 Å². The first-order chi connectivity index (χ1) is 7.66. The van der Waals surface area contributed by atoms with Crippen molar-refractivity contribution < 1.29 is 0 Å². The van der Waals surface area contributed by atoms with Crippen LogP contribution in [0.15, 0.2) is 36.5 Å². The summed E-state index contributed by atoms with van der Waals surface area (Å²) in [5.74, 6) is 0.163. The number of para-hydroxylation sites is 1. The van der Waals surface area contributed by atoms with E-state index in [9.17, 15) is 0 Å². The van der Waals surface area contributed by atoms with Crippen molar-refractivity contribution in [1.29, 1.82) is 5.41 Å². The number of hydrogen-bond donors (Lipinski definition) is 2. The maximum atomic E-state index is 7.28. The van der Waals surface area contributed by atoms with E-state index in [1.807, 2.05) is 48.1 Å². The molecule has 0 saturated heterocycles. The Morgan fingerprint density at radius 2 is 2.06 bits per heavy atom. The van der Waals surface area contributed by atoms with E-state index in [0.29, 0.717) is 6.42 Å². The second-order valence-electron chi connectivity index (χ2n) is 3.72. The van der Waals surface area contributed by atoms with Crippen LogP contribution in [0.25, 0.3) is 5.69 Å². The molecular weight excluding hydrogens is 200 g/mol. The Kier molecular flexibility index (Phi) is 2.72. The fourth-order valence-corrected chi connectivity index (χ4v) is 1.59. The maximum absolute atomic E-state index is 7.28. The Balaban J connectivity index is 2.34. The molecule has 4 nitrogen and oxygen atoms in total. The molecule has 2 rings (SSSR count). The van der Waals surface area contributed by atoms with Crippen molar-refractivity contribution in [2.24, 2.45) is 5.73 Å². The number of rotatable bonds is 3. The lowest BCUT2D eigenvalue weighted by Crippen LogP contribution is -2.12. The first-order valence-electron chi connectivity index (χ1n) is 5.10. The number of nitrogens with one attached hydrogen (secondary N) is 1. The van der Waals surface area contributed by atoms with Crippen LogP contribution in [0.5, 0.6) is 0 Å². The molecule has 0 amide bonds. The third kappa shape index (κ3) is 2.11. The van der Waals surface area contributed by atoms with E-state index < -0.39 is 0 Å². The van der Waals surface area contributed by atoms with Gasteiger partial charge >= 0.3 is 0 Å². The third-order valence-corrected chi connectivity index (χ3v) is 2.40. The molecule has 0 radical (unpaired) electrons. The SMILES string of the molecule is Cc1nn(-c2ccccc2)cc1CC(=N)N. The van der Waals surface area contributed by atoms with Crippen LogP contribution in [0.4, 0.5) is 0 Å². The van der Waals surface area contributed by atoms with Crippen LogP contribution in [-0.2, 0) is 6.42 Å². The topological polar surface area (TPSA) is 67.7 Å². The van der Waals surface area contributed by atoms with Gasteiger partial charge in [-0.2, -0.15) is 5.10 Å². The van der Waals surface area contributed by atoms with Crippen molar-refractivity contribution in [3.05, 3.63) is 47.8 Å². The summed E-state index contributed by atoms with van der Waals surface area (Å²) in [7, 11) is 0. The van der Waals surface area contributed by atoms with Gasteiger partial charge in [-0.15, -0.1) is 0 Å². The van der Waals surface area contributed by atoms with Gasteiger partial charge in [0.15, 0.2) is 0 Å². The van der Waals surface area contributed by atoms with Crippen LogP contribution < -0.4 is 5.73 Å². The Hall–Kier alpha value is -2.10. The molecule has 2 aromatic rings. The lowest BCUT2D eigenvalue weighted by atomic mass is 10.2. The second kappa shape index (κ2) is 4.18. The predicted octanol–water partition coefficient (Wildman–Crippen LogP) is 1.66. The fraction of sp³-hybridized carbons (Fsp3) is 0.167. The van der Waals surface area contributed by atoms with Gasteiger partial charge in [0.05, 0.1) is 17.2 Å². The minimum Gasteiger partial charge on any atom is -0.387 e. The van der Waals surface area contributed by atoms with E-state index in [0.717, 1.165) is 16.9 Å². The summed E-state index contributed by atoms with van der Waals surface area (Å²) >= 11 is 0. The summed E-state index contributed by atoms with van der Waals surface area (Å²) in [4.78, 5) is 0. The van der Waals surface area contributed by atoms with Gasteiger partial charge in [-0.3, -0.25) is 5.41 Å². The number of amidine groups is 1. The van der Waals surface area contributed by atoms with Gasteiger partial charge in [0, 0.05) is 18.2 Å². The second-order valence-corrected chi connectivity index (χ2v) is 3.72. The highest BCUT2D eigenvalue weighted by Gasteiger charge is 2.06. The summed E-state index contributed by atoms with van der Waals surface area (Å²) in [6, 6.07) is 9.89. The van der Waals surface area contributed by atoms with E-state index in [4.69, 9.17) is 11.1 Å². The Labute approximate surface area is 94.2 Å². The molecule has 3 N–H and O–H groups in total. The Morgan fingerprint density at radius 3 is 2.69 bits per heavy atom. The van der Waals surface area contributed by atoms with Gasteiger partial charge in [-0.25, -0.2) is 4.68 Å². The van der Waals surface area contributed by atoms with Crippen molar-refractivity contribution in [3.63, 3.8) is 0 Å². The molecule has 1 aromatic heterocycles. The minimum atomic E-state index is 0.163. The van der Waals surface area contributed by atoms with Crippen molar-refractivity contribution in [1.82, 2.24) is 9.78 Å². The minimum absolute atomic E-state index is 0.163. The maximum Gasteiger partial charge on any atom is 0.0951 e. The molecule has 0 spiro atoms. The van der Waals surface area contributed by atoms with Crippen molar-refractivity contribution >= 4 is 5.84 Å². The number of benzene rings is 1. The molecule has 82 valence electrons. The molecule has 0 aliphatic rings. The lowest BCUT2D eigenvalue weighted by Gasteiger charge is -1.98.